The summed E-state index contributed by atoms with van der Waals surface area (Å²) in [4.78, 5) is 0. The van der Waals surface area contributed by atoms with Crippen LogP contribution in [-0.4, -0.2) is 11.7 Å². The summed E-state index contributed by atoms with van der Waals surface area (Å²) in [7, 11) is 0. The van der Waals surface area contributed by atoms with E-state index in [9.17, 15) is 13.9 Å². The molecule has 1 atom stereocenters. The molecule has 0 aliphatic rings. The van der Waals surface area contributed by atoms with Gasteiger partial charge in [0.25, 0.3) is 0 Å². The maximum absolute atomic E-state index is 13.1. The van der Waals surface area contributed by atoms with Gasteiger partial charge in [0, 0.05) is 12.6 Å². The minimum absolute atomic E-state index is 0.0982. The van der Waals surface area contributed by atoms with Gasteiger partial charge >= 0.3 is 0 Å². The van der Waals surface area contributed by atoms with Crippen LogP contribution in [0.25, 0.3) is 11.1 Å². The topological polar surface area (TPSA) is 46.2 Å². The molecule has 3 N–H and O–H groups in total. The number of hydrogen-bond acceptors (Lipinski definition) is 2. The van der Waals surface area contributed by atoms with E-state index in [4.69, 9.17) is 5.73 Å². The monoisotopic (exact) mass is 249 g/mol. The highest BCUT2D eigenvalue weighted by Crippen LogP contribution is 2.24. The molecule has 2 rings (SSSR count). The van der Waals surface area contributed by atoms with Crippen molar-refractivity contribution >= 4 is 0 Å². The third kappa shape index (κ3) is 2.72. The second-order valence-corrected chi connectivity index (χ2v) is 4.04. The van der Waals surface area contributed by atoms with E-state index in [1.165, 1.54) is 12.1 Å². The Morgan fingerprint density at radius 2 is 1.67 bits per heavy atom. The van der Waals surface area contributed by atoms with Crippen molar-refractivity contribution in [1.82, 2.24) is 0 Å². The van der Waals surface area contributed by atoms with Crippen LogP contribution < -0.4 is 5.73 Å². The van der Waals surface area contributed by atoms with Gasteiger partial charge in [-0.1, -0.05) is 18.2 Å². The molecule has 0 heterocycles. The van der Waals surface area contributed by atoms with E-state index >= 15 is 0 Å². The first-order chi connectivity index (χ1) is 8.60. The van der Waals surface area contributed by atoms with Crippen LogP contribution in [0.1, 0.15) is 11.7 Å². The summed E-state index contributed by atoms with van der Waals surface area (Å²) in [5.41, 5.74) is 7.06. The highest BCUT2D eigenvalue weighted by Gasteiger charge is 2.08. The molecule has 18 heavy (non-hydrogen) atoms. The molecule has 94 valence electrons. The van der Waals surface area contributed by atoms with Crippen molar-refractivity contribution in [2.75, 3.05) is 6.54 Å². The zero-order chi connectivity index (χ0) is 13.1. The normalized spacial score (nSPS) is 12.4. The summed E-state index contributed by atoms with van der Waals surface area (Å²) >= 11 is 0. The fourth-order valence-electron chi connectivity index (χ4n) is 1.78. The fourth-order valence-corrected chi connectivity index (χ4v) is 1.78. The Kier molecular flexibility index (Phi) is 3.69. The van der Waals surface area contributed by atoms with Gasteiger partial charge in [-0.15, -0.1) is 0 Å². The molecule has 2 aromatic carbocycles. The van der Waals surface area contributed by atoms with Gasteiger partial charge in [-0.2, -0.15) is 0 Å². The molecule has 0 spiro atoms. The summed E-state index contributed by atoms with van der Waals surface area (Å²) in [6.07, 6.45) is -0.775. The highest BCUT2D eigenvalue weighted by molar-refractivity contribution is 5.64. The summed E-state index contributed by atoms with van der Waals surface area (Å²) < 4.78 is 26.3. The smallest absolute Gasteiger partial charge is 0.126 e. The van der Waals surface area contributed by atoms with E-state index < -0.39 is 17.7 Å². The first kappa shape index (κ1) is 12.7. The Morgan fingerprint density at radius 3 is 2.28 bits per heavy atom. The van der Waals surface area contributed by atoms with Gasteiger partial charge in [-0.25, -0.2) is 8.78 Å². The lowest BCUT2D eigenvalue weighted by atomic mass is 10.0. The first-order valence-corrected chi connectivity index (χ1v) is 5.54. The molecule has 0 amide bonds. The standard InChI is InChI=1S/C14H13F2NO/c15-12-5-11(6-13(16)7-12)9-2-1-3-10(4-9)14(18)8-17/h1-7,14,18H,8,17H2. The quantitative estimate of drug-likeness (QED) is 0.878. The Balaban J connectivity index is 2.44. The third-order valence-corrected chi connectivity index (χ3v) is 2.69. The van der Waals surface area contributed by atoms with E-state index in [0.29, 0.717) is 16.7 Å². The molecule has 0 saturated carbocycles. The van der Waals surface area contributed by atoms with Crippen LogP contribution in [0.15, 0.2) is 42.5 Å². The largest absolute Gasteiger partial charge is 0.387 e. The van der Waals surface area contributed by atoms with Crippen LogP contribution in [0, 0.1) is 11.6 Å². The van der Waals surface area contributed by atoms with Crippen molar-refractivity contribution in [1.29, 1.82) is 0 Å². The summed E-state index contributed by atoms with van der Waals surface area (Å²) in [6.45, 7) is 0.0982. The van der Waals surface area contributed by atoms with Crippen LogP contribution in [0.4, 0.5) is 8.78 Å². The van der Waals surface area contributed by atoms with Gasteiger partial charge < -0.3 is 10.8 Å². The lowest BCUT2D eigenvalue weighted by Crippen LogP contribution is -2.11. The van der Waals surface area contributed by atoms with E-state index in [0.717, 1.165) is 6.07 Å². The highest BCUT2D eigenvalue weighted by atomic mass is 19.1. The second-order valence-electron chi connectivity index (χ2n) is 4.04. The molecule has 0 saturated heterocycles. The third-order valence-electron chi connectivity index (χ3n) is 2.69. The maximum atomic E-state index is 13.1. The predicted octanol–water partition coefficient (Wildman–Crippen LogP) is 2.62. The first-order valence-electron chi connectivity index (χ1n) is 5.54. The average Bonchev–Trinajstić information content (AvgIpc) is 2.37. The molecule has 1 unspecified atom stereocenters. The van der Waals surface area contributed by atoms with Gasteiger partial charge in [0.15, 0.2) is 0 Å². The Bertz CT molecular complexity index is 537. The van der Waals surface area contributed by atoms with Crippen LogP contribution in [0.5, 0.6) is 0 Å². The molecule has 0 aliphatic carbocycles. The number of aliphatic hydroxyl groups is 1. The number of halogens is 2. The SMILES string of the molecule is NCC(O)c1cccc(-c2cc(F)cc(F)c2)c1. The molecule has 2 nitrogen and oxygen atoms in total. The molecule has 0 aliphatic heterocycles. The average molecular weight is 249 g/mol. The summed E-state index contributed by atoms with van der Waals surface area (Å²) in [5.74, 6) is -1.26. The lowest BCUT2D eigenvalue weighted by molar-refractivity contribution is 0.187. The molecule has 0 radical (unpaired) electrons. The Morgan fingerprint density at radius 1 is 1.00 bits per heavy atom. The van der Waals surface area contributed by atoms with Crippen LogP contribution in [-0.2, 0) is 0 Å². The number of benzene rings is 2. The number of nitrogens with two attached hydrogens (primary N) is 1. The number of hydrogen-bond donors (Lipinski definition) is 2. The van der Waals surface area contributed by atoms with Crippen molar-refractivity contribution in [3.8, 4) is 11.1 Å². The van der Waals surface area contributed by atoms with Crippen molar-refractivity contribution in [3.05, 3.63) is 59.7 Å². The van der Waals surface area contributed by atoms with Gasteiger partial charge in [-0.05, 0) is 34.9 Å². The molecule has 0 fully saturated rings. The summed E-state index contributed by atoms with van der Waals surface area (Å²) in [6, 6.07) is 10.1. The minimum Gasteiger partial charge on any atom is -0.387 e. The van der Waals surface area contributed by atoms with Crippen molar-refractivity contribution in [2.24, 2.45) is 5.73 Å². The zero-order valence-electron chi connectivity index (χ0n) is 9.61. The van der Waals surface area contributed by atoms with Crippen molar-refractivity contribution in [2.45, 2.75) is 6.10 Å². The van der Waals surface area contributed by atoms with E-state index in [-0.39, 0.29) is 6.54 Å². The Hall–Kier alpha value is -1.78. The van der Waals surface area contributed by atoms with Crippen LogP contribution in [0.2, 0.25) is 0 Å². The van der Waals surface area contributed by atoms with Crippen LogP contribution in [0.3, 0.4) is 0 Å². The van der Waals surface area contributed by atoms with Crippen molar-refractivity contribution in [3.63, 3.8) is 0 Å². The van der Waals surface area contributed by atoms with Gasteiger partial charge in [0.05, 0.1) is 6.10 Å². The zero-order valence-corrected chi connectivity index (χ0v) is 9.61. The maximum Gasteiger partial charge on any atom is 0.126 e. The van der Waals surface area contributed by atoms with E-state index in [2.05, 4.69) is 0 Å². The van der Waals surface area contributed by atoms with E-state index in [1.807, 2.05) is 0 Å². The van der Waals surface area contributed by atoms with Gasteiger partial charge in [0.1, 0.15) is 11.6 Å². The summed E-state index contributed by atoms with van der Waals surface area (Å²) in [5, 5.41) is 9.64. The molecular formula is C14H13F2NO. The molecule has 2 aromatic rings. The second kappa shape index (κ2) is 5.25. The fraction of sp³-hybridized carbons (Fsp3) is 0.143. The predicted molar refractivity (Wildman–Crippen MR) is 65.8 cm³/mol. The molecular weight excluding hydrogens is 236 g/mol. The molecule has 0 aromatic heterocycles. The van der Waals surface area contributed by atoms with Gasteiger partial charge in [-0.3, -0.25) is 0 Å². The number of aliphatic hydroxyl groups excluding tert-OH is 1. The van der Waals surface area contributed by atoms with E-state index in [1.54, 1.807) is 24.3 Å². The minimum atomic E-state index is -0.775. The lowest BCUT2D eigenvalue weighted by Gasteiger charge is -2.10. The van der Waals surface area contributed by atoms with Crippen LogP contribution >= 0.6 is 0 Å². The molecule has 4 heteroatoms. The molecule has 0 bridgehead atoms. The van der Waals surface area contributed by atoms with Crippen molar-refractivity contribution < 1.29 is 13.9 Å². The Labute approximate surface area is 104 Å². The van der Waals surface area contributed by atoms with Gasteiger partial charge in [0.2, 0.25) is 0 Å². The number of rotatable bonds is 3.